The van der Waals surface area contributed by atoms with Gasteiger partial charge in [-0.1, -0.05) is 42.8 Å². The highest BCUT2D eigenvalue weighted by atomic mass is 16.2. The fourth-order valence-electron chi connectivity index (χ4n) is 4.11. The van der Waals surface area contributed by atoms with Crippen molar-refractivity contribution < 1.29 is 9.59 Å². The maximum Gasteiger partial charge on any atom is 0.226 e. The molecule has 5 nitrogen and oxygen atoms in total. The second-order valence-electron chi connectivity index (χ2n) is 7.77. The molecule has 0 radical (unpaired) electrons. The number of hydrogen-bond acceptors (Lipinski definition) is 3. The lowest BCUT2D eigenvalue weighted by atomic mass is 9.84. The van der Waals surface area contributed by atoms with E-state index in [0.717, 1.165) is 34.5 Å². The van der Waals surface area contributed by atoms with Gasteiger partial charge in [0, 0.05) is 17.5 Å². The Morgan fingerprint density at radius 2 is 1.86 bits per heavy atom. The summed E-state index contributed by atoms with van der Waals surface area (Å²) >= 11 is 0. The molecule has 1 aromatic heterocycles. The quantitative estimate of drug-likeness (QED) is 0.662. The van der Waals surface area contributed by atoms with Crippen LogP contribution in [0, 0.1) is 20.8 Å². The molecule has 2 aromatic carbocycles. The summed E-state index contributed by atoms with van der Waals surface area (Å²) in [5, 5.41) is 7.61. The number of aromatic nitrogens is 2. The first-order valence-corrected chi connectivity index (χ1v) is 9.99. The van der Waals surface area contributed by atoms with Gasteiger partial charge in [-0.2, -0.15) is 5.10 Å². The van der Waals surface area contributed by atoms with Crippen LogP contribution >= 0.6 is 0 Å². The molecule has 0 aliphatic carbocycles. The standard InChI is InChI=1S/C24H25N3O2/c1-5-17-7-9-18(10-8-17)27-24-22(16(4)26-27)20(13-21(28)25-24)23(29)19-11-6-14(2)12-15(19)3/h6-12,20H,5,13H2,1-4H3,(H,25,28)/t20-/m0/s1. The molecular weight excluding hydrogens is 362 g/mol. The molecule has 1 aliphatic heterocycles. The Hall–Kier alpha value is -3.21. The van der Waals surface area contributed by atoms with Crippen molar-refractivity contribution in [2.75, 3.05) is 5.32 Å². The van der Waals surface area contributed by atoms with Crippen LogP contribution in [0.5, 0.6) is 0 Å². The zero-order valence-electron chi connectivity index (χ0n) is 17.2. The number of fused-ring (bicyclic) bond motifs is 1. The van der Waals surface area contributed by atoms with E-state index in [9.17, 15) is 9.59 Å². The summed E-state index contributed by atoms with van der Waals surface area (Å²) in [6.45, 7) is 7.95. The molecule has 0 bridgehead atoms. The number of ketones is 1. The second-order valence-corrected chi connectivity index (χ2v) is 7.77. The number of Topliss-reactive ketones (excluding diaryl/α,β-unsaturated/α-hetero) is 1. The number of aryl methyl sites for hydroxylation is 4. The predicted octanol–water partition coefficient (Wildman–Crippen LogP) is 4.67. The molecule has 0 unspecified atom stereocenters. The van der Waals surface area contributed by atoms with E-state index in [1.807, 2.05) is 51.1 Å². The number of rotatable bonds is 4. The smallest absolute Gasteiger partial charge is 0.226 e. The molecule has 1 N–H and O–H groups in total. The molecule has 2 heterocycles. The van der Waals surface area contributed by atoms with Gasteiger partial charge in [-0.3, -0.25) is 9.59 Å². The lowest BCUT2D eigenvalue weighted by molar-refractivity contribution is -0.116. The summed E-state index contributed by atoms with van der Waals surface area (Å²) in [5.41, 5.74) is 6.39. The predicted molar refractivity (Wildman–Crippen MR) is 114 cm³/mol. The average Bonchev–Trinajstić information content (AvgIpc) is 3.03. The van der Waals surface area contributed by atoms with Crippen molar-refractivity contribution in [2.45, 2.75) is 46.5 Å². The lowest BCUT2D eigenvalue weighted by Gasteiger charge is -2.24. The van der Waals surface area contributed by atoms with Crippen LogP contribution in [0.3, 0.4) is 0 Å². The van der Waals surface area contributed by atoms with Gasteiger partial charge in [0.15, 0.2) is 5.78 Å². The van der Waals surface area contributed by atoms with E-state index in [1.165, 1.54) is 5.56 Å². The van der Waals surface area contributed by atoms with Crippen LogP contribution in [0.4, 0.5) is 5.82 Å². The van der Waals surface area contributed by atoms with Gasteiger partial charge in [0.1, 0.15) is 5.82 Å². The normalized spacial score (nSPS) is 15.7. The molecule has 5 heteroatoms. The SMILES string of the molecule is CCc1ccc(-n2nc(C)c3c2NC(=O)C[C@@H]3C(=O)c2ccc(C)cc2C)cc1. The van der Waals surface area contributed by atoms with Gasteiger partial charge in [-0.25, -0.2) is 4.68 Å². The zero-order chi connectivity index (χ0) is 20.7. The third kappa shape index (κ3) is 3.37. The largest absolute Gasteiger partial charge is 0.310 e. The molecule has 0 spiro atoms. The molecular formula is C24H25N3O2. The minimum absolute atomic E-state index is 0.0254. The van der Waals surface area contributed by atoms with E-state index in [4.69, 9.17) is 0 Å². The number of hydrogen-bond donors (Lipinski definition) is 1. The van der Waals surface area contributed by atoms with E-state index >= 15 is 0 Å². The van der Waals surface area contributed by atoms with Crippen LogP contribution in [0.15, 0.2) is 42.5 Å². The Kier molecular flexibility index (Phi) is 4.82. The molecule has 3 aromatic rings. The van der Waals surface area contributed by atoms with Gasteiger partial charge in [-0.05, 0) is 50.5 Å². The summed E-state index contributed by atoms with van der Waals surface area (Å²) in [6.07, 6.45) is 1.10. The van der Waals surface area contributed by atoms with Crippen molar-refractivity contribution in [1.29, 1.82) is 0 Å². The minimum Gasteiger partial charge on any atom is -0.310 e. The number of benzene rings is 2. The fourth-order valence-corrected chi connectivity index (χ4v) is 4.11. The number of nitrogens with one attached hydrogen (secondary N) is 1. The van der Waals surface area contributed by atoms with Crippen molar-refractivity contribution in [3.8, 4) is 5.69 Å². The minimum atomic E-state index is -0.524. The maximum absolute atomic E-state index is 13.4. The highest BCUT2D eigenvalue weighted by molar-refractivity contribution is 6.08. The Bertz CT molecular complexity index is 1110. The van der Waals surface area contributed by atoms with Crippen LogP contribution in [0.1, 0.15) is 57.6 Å². The second kappa shape index (κ2) is 7.32. The number of nitrogens with zero attached hydrogens (tertiary/aromatic N) is 2. The number of carbonyl (C=O) groups excluding carboxylic acids is 2. The van der Waals surface area contributed by atoms with Crippen molar-refractivity contribution in [1.82, 2.24) is 9.78 Å². The summed E-state index contributed by atoms with van der Waals surface area (Å²) < 4.78 is 1.74. The summed E-state index contributed by atoms with van der Waals surface area (Å²) in [5.74, 6) is -0.107. The Balaban J connectivity index is 1.80. The molecule has 0 fully saturated rings. The topological polar surface area (TPSA) is 64.0 Å². The van der Waals surface area contributed by atoms with E-state index < -0.39 is 5.92 Å². The van der Waals surface area contributed by atoms with Crippen LogP contribution in [0.25, 0.3) is 5.69 Å². The molecule has 1 aliphatic rings. The van der Waals surface area contributed by atoms with Gasteiger partial charge in [0.25, 0.3) is 0 Å². The fraction of sp³-hybridized carbons (Fsp3) is 0.292. The molecule has 1 atom stereocenters. The summed E-state index contributed by atoms with van der Waals surface area (Å²) in [6, 6.07) is 13.9. The molecule has 1 amide bonds. The van der Waals surface area contributed by atoms with Gasteiger partial charge < -0.3 is 5.32 Å². The molecule has 29 heavy (non-hydrogen) atoms. The van der Waals surface area contributed by atoms with Crippen LogP contribution in [-0.2, 0) is 11.2 Å². The number of anilines is 1. The maximum atomic E-state index is 13.4. The third-order valence-electron chi connectivity index (χ3n) is 5.66. The monoisotopic (exact) mass is 387 g/mol. The first-order valence-electron chi connectivity index (χ1n) is 9.99. The van der Waals surface area contributed by atoms with Crippen molar-refractivity contribution in [3.05, 3.63) is 76.0 Å². The van der Waals surface area contributed by atoms with Crippen LogP contribution in [-0.4, -0.2) is 21.5 Å². The highest BCUT2D eigenvalue weighted by Gasteiger charge is 2.36. The van der Waals surface area contributed by atoms with E-state index in [-0.39, 0.29) is 18.1 Å². The molecule has 4 rings (SSSR count). The van der Waals surface area contributed by atoms with Crippen molar-refractivity contribution >= 4 is 17.5 Å². The lowest BCUT2D eigenvalue weighted by Crippen LogP contribution is -2.28. The van der Waals surface area contributed by atoms with E-state index in [2.05, 4.69) is 29.5 Å². The Labute approximate surface area is 170 Å². The summed E-state index contributed by atoms with van der Waals surface area (Å²) in [7, 11) is 0. The third-order valence-corrected chi connectivity index (χ3v) is 5.66. The molecule has 0 saturated carbocycles. The first kappa shape index (κ1) is 19.1. The highest BCUT2D eigenvalue weighted by Crippen LogP contribution is 2.38. The van der Waals surface area contributed by atoms with Crippen molar-refractivity contribution in [2.24, 2.45) is 0 Å². The average molecular weight is 387 g/mol. The molecule has 148 valence electrons. The van der Waals surface area contributed by atoms with E-state index in [1.54, 1.807) is 4.68 Å². The van der Waals surface area contributed by atoms with Gasteiger partial charge in [0.05, 0.1) is 17.3 Å². The summed E-state index contributed by atoms with van der Waals surface area (Å²) in [4.78, 5) is 25.9. The molecule has 0 saturated heterocycles. The Morgan fingerprint density at radius 1 is 1.14 bits per heavy atom. The van der Waals surface area contributed by atoms with Crippen LogP contribution in [0.2, 0.25) is 0 Å². The zero-order valence-corrected chi connectivity index (χ0v) is 17.2. The Morgan fingerprint density at radius 3 is 2.52 bits per heavy atom. The van der Waals surface area contributed by atoms with Gasteiger partial charge >= 0.3 is 0 Å². The van der Waals surface area contributed by atoms with Crippen LogP contribution < -0.4 is 5.32 Å². The van der Waals surface area contributed by atoms with Crippen molar-refractivity contribution in [3.63, 3.8) is 0 Å². The van der Waals surface area contributed by atoms with Gasteiger partial charge in [-0.15, -0.1) is 0 Å². The van der Waals surface area contributed by atoms with Gasteiger partial charge in [0.2, 0.25) is 5.91 Å². The first-order chi connectivity index (χ1) is 13.9. The van der Waals surface area contributed by atoms with E-state index in [0.29, 0.717) is 11.4 Å². The number of amides is 1. The number of carbonyl (C=O) groups is 2.